The van der Waals surface area contributed by atoms with Crippen molar-refractivity contribution in [2.24, 2.45) is 11.5 Å². The van der Waals surface area contributed by atoms with Crippen LogP contribution in [0.15, 0.2) is 0 Å². The Kier molecular flexibility index (Phi) is 10.0. The maximum atomic E-state index is 9.63. The Morgan fingerprint density at radius 3 is 1.24 bits per heavy atom. The van der Waals surface area contributed by atoms with Gasteiger partial charge in [-0.05, 0) is 0 Å². The minimum absolute atomic E-state index is 0.775. The molecule has 0 saturated carbocycles. The molecule has 0 aliphatic carbocycles. The highest BCUT2D eigenvalue weighted by Crippen LogP contribution is 2.53. The number of rotatable bonds is 6. The molecule has 1 heterocycles. The molecule has 0 spiro atoms. The lowest BCUT2D eigenvalue weighted by Crippen LogP contribution is -2.48. The van der Waals surface area contributed by atoms with Crippen LogP contribution in [-0.2, 0) is 13.4 Å². The average Bonchev–Trinajstić information content (AvgIpc) is 2.28. The molecule has 1 aliphatic heterocycles. The van der Waals surface area contributed by atoms with Gasteiger partial charge in [0.2, 0.25) is 0 Å². The molecule has 0 aromatic heterocycles. The van der Waals surface area contributed by atoms with Gasteiger partial charge in [-0.3, -0.25) is 9.80 Å². The fourth-order valence-corrected chi connectivity index (χ4v) is 2.85. The van der Waals surface area contributed by atoms with E-state index < -0.39 is 15.6 Å². The van der Waals surface area contributed by atoms with Crippen molar-refractivity contribution in [1.29, 1.82) is 0 Å². The summed E-state index contributed by atoms with van der Waals surface area (Å²) in [5, 5.41) is 0. The lowest BCUT2D eigenvalue weighted by atomic mass is 10.3. The van der Waals surface area contributed by atoms with Crippen molar-refractivity contribution in [3.05, 3.63) is 0 Å². The summed E-state index contributed by atoms with van der Waals surface area (Å²) < 4.78 is 22.2. The van der Waals surface area contributed by atoms with Crippen molar-refractivity contribution in [3.63, 3.8) is 0 Å². The second-order valence-electron chi connectivity index (χ2n) is 4.32. The second-order valence-corrected chi connectivity index (χ2v) is 6.94. The number of piperazine rings is 1. The first-order valence-corrected chi connectivity index (χ1v) is 9.30. The van der Waals surface area contributed by atoms with E-state index in [2.05, 4.69) is 14.1 Å². The van der Waals surface area contributed by atoms with E-state index in [9.17, 15) is 9.13 Å². The van der Waals surface area contributed by atoms with Crippen LogP contribution in [0.3, 0.4) is 0 Å². The third kappa shape index (κ3) is 13.5. The van der Waals surface area contributed by atoms with Crippen LogP contribution in [0, 0.1) is 0 Å². The fourth-order valence-electron chi connectivity index (χ4n) is 1.74. The van der Waals surface area contributed by atoms with Gasteiger partial charge in [0, 0.05) is 52.4 Å². The van der Waals surface area contributed by atoms with E-state index in [-0.39, 0.29) is 0 Å². The summed E-state index contributed by atoms with van der Waals surface area (Å²) >= 11 is 0. The van der Waals surface area contributed by atoms with Crippen LogP contribution in [-0.4, -0.2) is 81.7 Å². The Morgan fingerprint density at radius 1 is 0.810 bits per heavy atom. The summed E-state index contributed by atoms with van der Waals surface area (Å²) in [6.45, 7) is 8.23. The van der Waals surface area contributed by atoms with Gasteiger partial charge >= 0.3 is 15.6 Å². The molecule has 128 valence electrons. The monoisotopic (exact) mass is 350 g/mol. The predicted molar refractivity (Wildman–Crippen MR) is 76.2 cm³/mol. The molecule has 0 unspecified atom stereocenters. The lowest BCUT2D eigenvalue weighted by molar-refractivity contribution is 0.138. The van der Waals surface area contributed by atoms with Gasteiger partial charge in [-0.15, -0.1) is 0 Å². The van der Waals surface area contributed by atoms with Crippen LogP contribution in [0.5, 0.6) is 0 Å². The molecule has 0 aromatic carbocycles. The molecule has 0 aromatic rings. The maximum absolute atomic E-state index is 9.63. The number of hydrogen-bond acceptors (Lipinski definition) is 7. The molecular weight excluding hydrogens is 326 g/mol. The summed E-state index contributed by atoms with van der Waals surface area (Å²) in [5.41, 5.74) is 11.0. The van der Waals surface area contributed by atoms with Gasteiger partial charge in [0.05, 0.1) is 0 Å². The van der Waals surface area contributed by atoms with Gasteiger partial charge in [0.1, 0.15) is 0 Å². The summed E-state index contributed by atoms with van der Waals surface area (Å²) in [5.74, 6) is 0. The van der Waals surface area contributed by atoms with E-state index in [1.54, 1.807) is 0 Å². The average molecular weight is 350 g/mol. The number of nitrogens with zero attached hydrogens (tertiary/aromatic N) is 2. The number of phosphoric acid groups is 2. The SMILES string of the molecule is NCCN1CCN(CCN)CC1.O=P(O)(O)OP(=O)(O)O. The minimum Gasteiger partial charge on any atom is -0.329 e. The normalized spacial score (nSPS) is 18.2. The zero-order chi connectivity index (χ0) is 16.5. The zero-order valence-electron chi connectivity index (χ0n) is 11.6. The molecule has 11 nitrogen and oxygen atoms in total. The van der Waals surface area contributed by atoms with E-state index >= 15 is 0 Å². The van der Waals surface area contributed by atoms with Crippen LogP contribution >= 0.6 is 15.6 Å². The Morgan fingerprint density at radius 2 is 1.10 bits per heavy atom. The van der Waals surface area contributed by atoms with Crippen LogP contribution in [0.4, 0.5) is 0 Å². The molecule has 8 N–H and O–H groups in total. The highest BCUT2D eigenvalue weighted by Gasteiger charge is 2.27. The molecule has 1 aliphatic rings. The quantitative estimate of drug-likeness (QED) is 0.283. The maximum Gasteiger partial charge on any atom is 0.478 e. The third-order valence-corrected chi connectivity index (χ3v) is 4.27. The summed E-state index contributed by atoms with van der Waals surface area (Å²) in [7, 11) is -10.1. The van der Waals surface area contributed by atoms with Gasteiger partial charge in [-0.1, -0.05) is 0 Å². The van der Waals surface area contributed by atoms with E-state index in [0.29, 0.717) is 0 Å². The first kappa shape index (κ1) is 21.1. The van der Waals surface area contributed by atoms with Crippen molar-refractivity contribution in [2.45, 2.75) is 0 Å². The van der Waals surface area contributed by atoms with Gasteiger partial charge in [0.15, 0.2) is 0 Å². The van der Waals surface area contributed by atoms with Gasteiger partial charge in [0.25, 0.3) is 0 Å². The Labute approximate surface area is 123 Å². The van der Waals surface area contributed by atoms with Crippen LogP contribution in [0.1, 0.15) is 0 Å². The molecule has 21 heavy (non-hydrogen) atoms. The van der Waals surface area contributed by atoms with E-state index in [0.717, 1.165) is 52.4 Å². The summed E-state index contributed by atoms with van der Waals surface area (Å²) in [4.78, 5) is 35.8. The van der Waals surface area contributed by atoms with Gasteiger partial charge in [-0.25, -0.2) is 9.13 Å². The largest absolute Gasteiger partial charge is 0.478 e. The molecule has 1 saturated heterocycles. The first-order chi connectivity index (χ1) is 9.57. The summed E-state index contributed by atoms with van der Waals surface area (Å²) in [6.07, 6.45) is 0. The Balaban J connectivity index is 0.000000400. The van der Waals surface area contributed by atoms with E-state index in [1.165, 1.54) is 0 Å². The summed E-state index contributed by atoms with van der Waals surface area (Å²) in [6, 6.07) is 0. The van der Waals surface area contributed by atoms with Crippen LogP contribution in [0.25, 0.3) is 0 Å². The molecule has 0 radical (unpaired) electrons. The van der Waals surface area contributed by atoms with Crippen LogP contribution in [0.2, 0.25) is 0 Å². The second kappa shape index (κ2) is 9.98. The van der Waals surface area contributed by atoms with Crippen molar-refractivity contribution in [3.8, 4) is 0 Å². The minimum atomic E-state index is -5.05. The van der Waals surface area contributed by atoms with Crippen molar-refractivity contribution in [1.82, 2.24) is 9.80 Å². The topological polar surface area (TPSA) is 183 Å². The molecule has 1 rings (SSSR count). The molecule has 1 fully saturated rings. The van der Waals surface area contributed by atoms with E-state index in [4.69, 9.17) is 31.0 Å². The zero-order valence-corrected chi connectivity index (χ0v) is 13.4. The lowest BCUT2D eigenvalue weighted by Gasteiger charge is -2.34. The van der Waals surface area contributed by atoms with E-state index in [1.807, 2.05) is 0 Å². The standard InChI is InChI=1S/C8H20N4.H4O7P2/c9-1-3-11-5-7-12(4-2-10)8-6-11;1-8(2,3)7-9(4,5)6/h1-10H2;(H2,1,2,3)(H2,4,5,6). The van der Waals surface area contributed by atoms with Crippen molar-refractivity contribution in [2.75, 3.05) is 52.4 Å². The molecule has 13 heteroatoms. The van der Waals surface area contributed by atoms with Gasteiger partial charge in [-0.2, -0.15) is 4.31 Å². The molecular formula is C8H24N4O7P2. The number of nitrogens with two attached hydrogens (primary N) is 2. The highest BCUT2D eigenvalue weighted by atomic mass is 31.3. The van der Waals surface area contributed by atoms with Crippen LogP contribution < -0.4 is 11.5 Å². The van der Waals surface area contributed by atoms with Gasteiger partial charge < -0.3 is 31.0 Å². The molecule has 0 atom stereocenters. The Bertz CT molecular complexity index is 332. The smallest absolute Gasteiger partial charge is 0.329 e. The third-order valence-electron chi connectivity index (χ3n) is 2.57. The first-order valence-electron chi connectivity index (χ1n) is 6.24. The van der Waals surface area contributed by atoms with Crippen molar-refractivity contribution >= 4 is 15.6 Å². The highest BCUT2D eigenvalue weighted by molar-refractivity contribution is 7.60. The fraction of sp³-hybridized carbons (Fsp3) is 1.00. The predicted octanol–water partition coefficient (Wildman–Crippen LogP) is -2.29. The Hall–Kier alpha value is 0.100. The molecule has 0 amide bonds. The number of hydrogen-bond donors (Lipinski definition) is 6. The van der Waals surface area contributed by atoms with Crippen molar-refractivity contribution < 1.29 is 33.0 Å². The molecule has 0 bridgehead atoms.